The molecule has 5 rings (SSSR count). The van der Waals surface area contributed by atoms with E-state index in [-0.39, 0.29) is 39.2 Å². The van der Waals surface area contributed by atoms with Crippen LogP contribution in [0.1, 0.15) is 92.5 Å². The summed E-state index contributed by atoms with van der Waals surface area (Å²) < 4.78 is 40.1. The molecule has 0 aromatic heterocycles. The molecule has 0 unspecified atom stereocenters. The minimum atomic E-state index is -2.20. The van der Waals surface area contributed by atoms with Gasteiger partial charge in [-0.25, -0.2) is 4.39 Å². The number of thioether (sulfide) groups is 1. The van der Waals surface area contributed by atoms with Gasteiger partial charge in [0.2, 0.25) is 14.2 Å². The first-order valence-electron chi connectivity index (χ1n) is 18.5. The van der Waals surface area contributed by atoms with Crippen LogP contribution in [-0.2, 0) is 18.5 Å². The van der Waals surface area contributed by atoms with Gasteiger partial charge in [0.05, 0.1) is 23.3 Å². The molecule has 6 nitrogen and oxygen atoms in total. The summed E-state index contributed by atoms with van der Waals surface area (Å²) in [5.74, 6) is 1.18. The quantitative estimate of drug-likeness (QED) is 0.143. The molecular weight excluding hydrogens is 705 g/mol. The van der Waals surface area contributed by atoms with E-state index in [1.807, 2.05) is 81.1 Å². The summed E-state index contributed by atoms with van der Waals surface area (Å²) in [6, 6.07) is 22.6. The van der Waals surface area contributed by atoms with Gasteiger partial charge in [0, 0.05) is 11.4 Å². The summed E-state index contributed by atoms with van der Waals surface area (Å²) in [6.07, 6.45) is -0.284. The number of halogens is 1. The van der Waals surface area contributed by atoms with Crippen LogP contribution in [0, 0.1) is 5.82 Å². The van der Waals surface area contributed by atoms with E-state index in [4.69, 9.17) is 18.2 Å². The van der Waals surface area contributed by atoms with Crippen LogP contribution < -0.4 is 14.8 Å². The van der Waals surface area contributed by atoms with Crippen molar-refractivity contribution in [1.82, 2.24) is 0 Å². The van der Waals surface area contributed by atoms with E-state index in [0.717, 1.165) is 28.0 Å². The third-order valence-electron chi connectivity index (χ3n) is 12.1. The molecule has 2 aliphatic heterocycles. The summed E-state index contributed by atoms with van der Waals surface area (Å²) in [6.45, 7) is 30.5. The van der Waals surface area contributed by atoms with Crippen molar-refractivity contribution in [3.05, 3.63) is 89.7 Å². The lowest BCUT2D eigenvalue weighted by atomic mass is 9.79. The molecule has 1 amide bonds. The standard InChI is InChI=1S/C41H59BFNO5SSi2/c1-38(2,3)51(11,12)46-33-25-17-29(18-26-33)35-36(50-27-34(28-15-21-31(43)22-16-28)47-52(13,14)39(4,5)6)37(45)44(35)32-23-19-30(20-24-32)42-48-40(7,8)41(9,10)49-42/h15-26,34-36H,27H2,1-14H3/t34-,35+,36+/m0/s1. The van der Waals surface area contributed by atoms with Crippen LogP contribution in [0.15, 0.2) is 72.8 Å². The van der Waals surface area contributed by atoms with Crippen LogP contribution in [0.3, 0.4) is 0 Å². The smallest absolute Gasteiger partial charge is 0.494 e. The molecule has 3 aromatic rings. The number of nitrogens with zero attached hydrogens (tertiary/aromatic N) is 1. The van der Waals surface area contributed by atoms with Crippen molar-refractivity contribution < 1.29 is 27.3 Å². The van der Waals surface area contributed by atoms with Gasteiger partial charge in [-0.3, -0.25) is 4.79 Å². The summed E-state index contributed by atoms with van der Waals surface area (Å²) in [5.41, 5.74) is 2.80. The van der Waals surface area contributed by atoms with Gasteiger partial charge in [-0.05, 0) is 117 Å². The third kappa shape index (κ3) is 8.30. The molecular formula is C41H59BFNO5SSi2. The van der Waals surface area contributed by atoms with Crippen LogP contribution in [0.25, 0.3) is 0 Å². The number of hydrogen-bond acceptors (Lipinski definition) is 6. The molecule has 2 heterocycles. The van der Waals surface area contributed by atoms with Crippen LogP contribution >= 0.6 is 11.8 Å². The Morgan fingerprint density at radius 3 is 1.83 bits per heavy atom. The summed E-state index contributed by atoms with van der Waals surface area (Å²) >= 11 is 1.62. The number of carbonyl (C=O) groups is 1. The molecule has 2 saturated heterocycles. The Kier molecular flexibility index (Phi) is 11.2. The first-order valence-corrected chi connectivity index (χ1v) is 25.3. The number of benzene rings is 3. The van der Waals surface area contributed by atoms with Crippen LogP contribution in [0.4, 0.5) is 10.1 Å². The van der Waals surface area contributed by atoms with E-state index in [0.29, 0.717) is 5.75 Å². The highest BCUT2D eigenvalue weighted by atomic mass is 32.2. The average molecular weight is 764 g/mol. The Morgan fingerprint density at radius 2 is 1.33 bits per heavy atom. The van der Waals surface area contributed by atoms with Gasteiger partial charge in [0.15, 0.2) is 8.32 Å². The fourth-order valence-electron chi connectivity index (χ4n) is 5.79. The maximum absolute atomic E-state index is 14.2. The molecule has 2 fully saturated rings. The van der Waals surface area contributed by atoms with Crippen molar-refractivity contribution >= 4 is 52.6 Å². The van der Waals surface area contributed by atoms with Gasteiger partial charge in [-0.15, -0.1) is 11.8 Å². The Hall–Kier alpha value is -2.41. The second-order valence-electron chi connectivity index (χ2n) is 18.4. The van der Waals surface area contributed by atoms with Gasteiger partial charge in [0.1, 0.15) is 16.8 Å². The highest BCUT2D eigenvalue weighted by molar-refractivity contribution is 8.00. The number of carbonyl (C=O) groups excluding carboxylic acids is 1. The van der Waals surface area contributed by atoms with E-state index >= 15 is 0 Å². The molecule has 0 N–H and O–H groups in total. The summed E-state index contributed by atoms with van der Waals surface area (Å²) in [4.78, 5) is 16.1. The number of rotatable bonds is 11. The lowest BCUT2D eigenvalue weighted by molar-refractivity contribution is -0.123. The molecule has 282 valence electrons. The normalized spacial score (nSPS) is 21.2. The summed E-state index contributed by atoms with van der Waals surface area (Å²) in [7, 11) is -4.71. The molecule has 0 spiro atoms. The molecule has 0 aliphatic carbocycles. The molecule has 0 bridgehead atoms. The van der Waals surface area contributed by atoms with Gasteiger partial charge >= 0.3 is 7.12 Å². The molecule has 2 aliphatic rings. The molecule has 0 saturated carbocycles. The Balaban J connectivity index is 1.44. The van der Waals surface area contributed by atoms with E-state index in [2.05, 4.69) is 79.9 Å². The van der Waals surface area contributed by atoms with Crippen molar-refractivity contribution in [2.24, 2.45) is 0 Å². The minimum Gasteiger partial charge on any atom is -0.544 e. The Labute approximate surface area is 318 Å². The molecule has 0 radical (unpaired) electrons. The van der Waals surface area contributed by atoms with Crippen LogP contribution in [-0.4, -0.2) is 51.9 Å². The number of β-lactam (4-membered cyclic amide) rings is 1. The minimum absolute atomic E-state index is 0.0119. The van der Waals surface area contributed by atoms with Crippen LogP contribution in [0.5, 0.6) is 5.75 Å². The van der Waals surface area contributed by atoms with E-state index < -0.39 is 35.0 Å². The van der Waals surface area contributed by atoms with E-state index in [1.54, 1.807) is 11.8 Å². The monoisotopic (exact) mass is 763 g/mol. The maximum Gasteiger partial charge on any atom is 0.494 e. The Bertz CT molecular complexity index is 1700. The highest BCUT2D eigenvalue weighted by Gasteiger charge is 2.53. The van der Waals surface area contributed by atoms with Crippen molar-refractivity contribution in [2.75, 3.05) is 10.7 Å². The number of hydrogen-bond donors (Lipinski definition) is 0. The average Bonchev–Trinajstić information content (AvgIpc) is 3.25. The van der Waals surface area contributed by atoms with E-state index in [9.17, 15) is 9.18 Å². The van der Waals surface area contributed by atoms with Crippen molar-refractivity contribution in [2.45, 2.75) is 134 Å². The number of amides is 1. The second-order valence-corrected chi connectivity index (χ2v) is 29.1. The largest absolute Gasteiger partial charge is 0.544 e. The van der Waals surface area contributed by atoms with Crippen molar-refractivity contribution in [3.8, 4) is 5.75 Å². The SMILES string of the molecule is CC1(C)OB(c2ccc(N3C(=O)[C@H](SC[C@H](O[Si](C)(C)C(C)(C)C)c4ccc(F)cc4)[C@H]3c3ccc(O[Si](C)(C)C(C)(C)C)cc3)cc2)OC1(C)C. The zero-order valence-electron chi connectivity index (χ0n) is 33.7. The molecule has 11 heteroatoms. The molecule has 52 heavy (non-hydrogen) atoms. The first-order chi connectivity index (χ1) is 23.8. The molecule has 3 aromatic carbocycles. The van der Waals surface area contributed by atoms with Crippen LogP contribution in [0.2, 0.25) is 36.3 Å². The van der Waals surface area contributed by atoms with Gasteiger partial charge in [-0.1, -0.05) is 77.9 Å². The van der Waals surface area contributed by atoms with E-state index in [1.165, 1.54) is 12.1 Å². The predicted molar refractivity (Wildman–Crippen MR) is 220 cm³/mol. The summed E-state index contributed by atoms with van der Waals surface area (Å²) in [5, 5.41) is -0.271. The lowest BCUT2D eigenvalue weighted by Gasteiger charge is -2.48. The second kappa shape index (κ2) is 14.3. The van der Waals surface area contributed by atoms with Crippen molar-refractivity contribution in [1.29, 1.82) is 0 Å². The lowest BCUT2D eigenvalue weighted by Crippen LogP contribution is -2.58. The highest BCUT2D eigenvalue weighted by Crippen LogP contribution is 2.48. The van der Waals surface area contributed by atoms with Gasteiger partial charge in [0.25, 0.3) is 0 Å². The fraction of sp³-hybridized carbons (Fsp3) is 0.537. The van der Waals surface area contributed by atoms with Gasteiger partial charge in [-0.2, -0.15) is 0 Å². The zero-order valence-corrected chi connectivity index (χ0v) is 36.5. The first kappa shape index (κ1) is 40.8. The van der Waals surface area contributed by atoms with Crippen molar-refractivity contribution in [3.63, 3.8) is 0 Å². The fourth-order valence-corrected chi connectivity index (χ4v) is 9.58. The third-order valence-corrected chi connectivity index (χ3v) is 22.2. The maximum atomic E-state index is 14.2. The molecule has 3 atom stereocenters. The predicted octanol–water partition coefficient (Wildman–Crippen LogP) is 10.5. The van der Waals surface area contributed by atoms with Gasteiger partial charge < -0.3 is 23.1 Å². The number of anilines is 1. The topological polar surface area (TPSA) is 57.2 Å². The zero-order chi connectivity index (χ0) is 38.7. The Morgan fingerprint density at radius 1 is 0.808 bits per heavy atom.